The summed E-state index contributed by atoms with van der Waals surface area (Å²) in [4.78, 5) is 26.0. The van der Waals surface area contributed by atoms with Gasteiger partial charge in [-0.05, 0) is 13.8 Å². The molecule has 7 heteroatoms. The van der Waals surface area contributed by atoms with Crippen LogP contribution in [0.3, 0.4) is 0 Å². The van der Waals surface area contributed by atoms with Crippen LogP contribution in [0.5, 0.6) is 0 Å². The fraction of sp³-hybridized carbons (Fsp3) is 0.529. The molecule has 0 saturated carbocycles. The first kappa shape index (κ1) is 18.6. The van der Waals surface area contributed by atoms with Crippen LogP contribution in [0.25, 0.3) is 0 Å². The summed E-state index contributed by atoms with van der Waals surface area (Å²) in [5.74, 6) is -0.0639. The van der Waals surface area contributed by atoms with Crippen LogP contribution in [0, 0.1) is 6.92 Å². The van der Waals surface area contributed by atoms with Gasteiger partial charge < -0.3 is 4.90 Å². The average Bonchev–Trinajstić information content (AvgIpc) is 2.60. The van der Waals surface area contributed by atoms with Crippen molar-refractivity contribution in [3.05, 3.63) is 35.4 Å². The van der Waals surface area contributed by atoms with E-state index in [0.717, 1.165) is 5.56 Å². The zero-order valence-corrected chi connectivity index (χ0v) is 15.0. The third-order valence-corrected chi connectivity index (χ3v) is 6.17. The molecule has 24 heavy (non-hydrogen) atoms. The van der Waals surface area contributed by atoms with Crippen molar-refractivity contribution in [1.82, 2.24) is 9.21 Å². The molecule has 1 fully saturated rings. The number of carbonyl (C=O) groups excluding carboxylic acids is 2. The fourth-order valence-corrected chi connectivity index (χ4v) is 3.75. The molecule has 1 amide bonds. The molecule has 2 rings (SSSR count). The molecule has 132 valence electrons. The molecule has 0 bridgehead atoms. The molecule has 0 spiro atoms. The Bertz CT molecular complexity index is 690. The molecule has 0 N–H and O–H groups in total. The molecule has 1 aliphatic rings. The fourth-order valence-electron chi connectivity index (χ4n) is 2.66. The van der Waals surface area contributed by atoms with Crippen LogP contribution in [-0.4, -0.2) is 61.2 Å². The number of hydrogen-bond donors (Lipinski definition) is 0. The Kier molecular flexibility index (Phi) is 6.12. The minimum Gasteiger partial charge on any atom is -0.340 e. The molecule has 0 radical (unpaired) electrons. The topological polar surface area (TPSA) is 74.8 Å². The van der Waals surface area contributed by atoms with Crippen LogP contribution in [0.4, 0.5) is 0 Å². The van der Waals surface area contributed by atoms with Crippen LogP contribution in [0.1, 0.15) is 35.7 Å². The molecule has 0 aromatic heterocycles. The van der Waals surface area contributed by atoms with Gasteiger partial charge in [-0.15, -0.1) is 0 Å². The summed E-state index contributed by atoms with van der Waals surface area (Å²) in [5, 5.41) is 0. The lowest BCUT2D eigenvalue weighted by Crippen LogP contribution is -2.50. The molecule has 0 unspecified atom stereocenters. The van der Waals surface area contributed by atoms with Gasteiger partial charge in [0, 0.05) is 44.6 Å². The number of Topliss-reactive ketones (excluding diaryl/α,β-unsaturated/α-hetero) is 1. The first-order valence-corrected chi connectivity index (χ1v) is 9.80. The maximum absolute atomic E-state index is 12.2. The van der Waals surface area contributed by atoms with E-state index in [9.17, 15) is 18.0 Å². The van der Waals surface area contributed by atoms with Crippen LogP contribution in [-0.2, 0) is 14.8 Å². The van der Waals surface area contributed by atoms with E-state index >= 15 is 0 Å². The second-order valence-electron chi connectivity index (χ2n) is 5.97. The van der Waals surface area contributed by atoms with Gasteiger partial charge in [-0.25, -0.2) is 8.42 Å². The van der Waals surface area contributed by atoms with Crippen molar-refractivity contribution in [3.63, 3.8) is 0 Å². The minimum absolute atomic E-state index is 0.0458. The highest BCUT2D eigenvalue weighted by atomic mass is 32.2. The lowest BCUT2D eigenvalue weighted by molar-refractivity contribution is -0.132. The van der Waals surface area contributed by atoms with Gasteiger partial charge in [0.25, 0.3) is 0 Å². The summed E-state index contributed by atoms with van der Waals surface area (Å²) in [6, 6.07) is 7.30. The zero-order chi connectivity index (χ0) is 17.7. The Labute approximate surface area is 143 Å². The maximum atomic E-state index is 12.2. The second-order valence-corrected chi connectivity index (χ2v) is 8.23. The van der Waals surface area contributed by atoms with Crippen molar-refractivity contribution >= 4 is 21.7 Å². The highest BCUT2D eigenvalue weighted by Gasteiger charge is 2.27. The molecule has 1 aliphatic heterocycles. The SMILES string of the molecule is CCS(=O)(=O)N1CCN(C(=O)CCC(=O)c2ccc(C)cc2)CC1. The van der Waals surface area contributed by atoms with Crippen molar-refractivity contribution in [1.29, 1.82) is 0 Å². The van der Waals surface area contributed by atoms with E-state index in [4.69, 9.17) is 0 Å². The van der Waals surface area contributed by atoms with E-state index in [1.54, 1.807) is 24.0 Å². The molecular formula is C17H24N2O4S. The molecule has 0 aliphatic carbocycles. The van der Waals surface area contributed by atoms with Gasteiger partial charge in [-0.2, -0.15) is 4.31 Å². The summed E-state index contributed by atoms with van der Waals surface area (Å²) in [5.41, 5.74) is 1.70. The van der Waals surface area contributed by atoms with Crippen LogP contribution < -0.4 is 0 Å². The van der Waals surface area contributed by atoms with Crippen molar-refractivity contribution in [3.8, 4) is 0 Å². The largest absolute Gasteiger partial charge is 0.340 e. The van der Waals surface area contributed by atoms with Crippen molar-refractivity contribution in [2.45, 2.75) is 26.7 Å². The first-order chi connectivity index (χ1) is 11.3. The molecule has 1 saturated heterocycles. The Morgan fingerprint density at radius 3 is 2.12 bits per heavy atom. The summed E-state index contributed by atoms with van der Waals surface area (Å²) < 4.78 is 25.0. The van der Waals surface area contributed by atoms with Gasteiger partial charge in [-0.3, -0.25) is 9.59 Å². The highest BCUT2D eigenvalue weighted by molar-refractivity contribution is 7.89. The van der Waals surface area contributed by atoms with E-state index in [1.165, 1.54) is 4.31 Å². The summed E-state index contributed by atoms with van der Waals surface area (Å²) in [6.07, 6.45) is 0.336. The van der Waals surface area contributed by atoms with Gasteiger partial charge in [0.15, 0.2) is 5.78 Å². The maximum Gasteiger partial charge on any atom is 0.223 e. The molecular weight excluding hydrogens is 328 g/mol. The summed E-state index contributed by atoms with van der Waals surface area (Å²) in [7, 11) is -3.19. The number of piperazine rings is 1. The van der Waals surface area contributed by atoms with Crippen molar-refractivity contribution in [2.24, 2.45) is 0 Å². The standard InChI is InChI=1S/C17H24N2O4S/c1-3-24(22,23)19-12-10-18(11-13-19)17(21)9-8-16(20)15-6-4-14(2)5-7-15/h4-7H,3,8-13H2,1-2H3. The average molecular weight is 352 g/mol. The van der Waals surface area contributed by atoms with Crippen molar-refractivity contribution in [2.75, 3.05) is 31.9 Å². The van der Waals surface area contributed by atoms with Crippen LogP contribution >= 0.6 is 0 Å². The lowest BCUT2D eigenvalue weighted by atomic mass is 10.0. The number of sulfonamides is 1. The normalized spacial score (nSPS) is 16.2. The predicted octanol–water partition coefficient (Wildman–Crippen LogP) is 1.45. The van der Waals surface area contributed by atoms with E-state index in [-0.39, 0.29) is 30.3 Å². The summed E-state index contributed by atoms with van der Waals surface area (Å²) >= 11 is 0. The number of ketones is 1. The third-order valence-electron chi connectivity index (χ3n) is 4.29. The number of benzene rings is 1. The number of aryl methyl sites for hydroxylation is 1. The number of hydrogen-bond acceptors (Lipinski definition) is 4. The monoisotopic (exact) mass is 352 g/mol. The number of nitrogens with zero attached hydrogens (tertiary/aromatic N) is 2. The smallest absolute Gasteiger partial charge is 0.223 e. The number of carbonyl (C=O) groups is 2. The Balaban J connectivity index is 1.81. The van der Waals surface area contributed by atoms with Crippen LogP contribution in [0.2, 0.25) is 0 Å². The number of amides is 1. The van der Waals surface area contributed by atoms with E-state index in [2.05, 4.69) is 0 Å². The molecule has 1 heterocycles. The zero-order valence-electron chi connectivity index (χ0n) is 14.2. The van der Waals surface area contributed by atoms with Gasteiger partial charge in [0.1, 0.15) is 0 Å². The molecule has 1 aromatic rings. The molecule has 6 nitrogen and oxygen atoms in total. The van der Waals surface area contributed by atoms with Gasteiger partial charge in [0.05, 0.1) is 5.75 Å². The van der Waals surface area contributed by atoms with Crippen LogP contribution in [0.15, 0.2) is 24.3 Å². The Hall–Kier alpha value is -1.73. The first-order valence-electron chi connectivity index (χ1n) is 8.19. The minimum atomic E-state index is -3.19. The van der Waals surface area contributed by atoms with Gasteiger partial charge >= 0.3 is 0 Å². The quantitative estimate of drug-likeness (QED) is 0.726. The predicted molar refractivity (Wildman–Crippen MR) is 92.4 cm³/mol. The second kappa shape index (κ2) is 7.90. The number of rotatable bonds is 6. The van der Waals surface area contributed by atoms with E-state index in [1.807, 2.05) is 19.1 Å². The van der Waals surface area contributed by atoms with Crippen molar-refractivity contribution < 1.29 is 18.0 Å². The van der Waals surface area contributed by atoms with Gasteiger partial charge in [-0.1, -0.05) is 29.8 Å². The van der Waals surface area contributed by atoms with E-state index in [0.29, 0.717) is 31.7 Å². The molecule has 0 atom stereocenters. The Morgan fingerprint density at radius 1 is 1.00 bits per heavy atom. The molecule has 1 aromatic carbocycles. The van der Waals surface area contributed by atoms with Gasteiger partial charge in [0.2, 0.25) is 15.9 Å². The Morgan fingerprint density at radius 2 is 1.58 bits per heavy atom. The third kappa shape index (κ3) is 4.64. The highest BCUT2D eigenvalue weighted by Crippen LogP contribution is 2.12. The van der Waals surface area contributed by atoms with E-state index < -0.39 is 10.0 Å². The summed E-state index contributed by atoms with van der Waals surface area (Å²) in [6.45, 7) is 4.99. The lowest BCUT2D eigenvalue weighted by Gasteiger charge is -2.33.